The van der Waals surface area contributed by atoms with Crippen LogP contribution in [-0.2, 0) is 57.2 Å². The van der Waals surface area contributed by atoms with Gasteiger partial charge in [0, 0.05) is 59.5 Å². The summed E-state index contributed by atoms with van der Waals surface area (Å²) in [5.74, 6) is -3.47. The second kappa shape index (κ2) is 15.1. The Balaban J connectivity index is 0.983. The van der Waals surface area contributed by atoms with Crippen molar-refractivity contribution in [2.45, 2.75) is 89.0 Å². The van der Waals surface area contributed by atoms with Crippen LogP contribution in [0.25, 0.3) is 0 Å². The van der Waals surface area contributed by atoms with Crippen LogP contribution in [0, 0.1) is 11.8 Å². The van der Waals surface area contributed by atoms with Gasteiger partial charge < -0.3 is 28.4 Å². The Morgan fingerprint density at radius 1 is 0.640 bits per heavy atom. The average molecular weight is 727 g/mol. The van der Waals surface area contributed by atoms with E-state index in [2.05, 4.69) is 13.2 Å². The van der Waals surface area contributed by atoms with Crippen LogP contribution < -0.4 is 0 Å². The zero-order chi connectivity index (χ0) is 35.7. The quantitative estimate of drug-likeness (QED) is 0.0825. The Morgan fingerprint density at radius 3 is 1.44 bits per heavy atom. The SMILES string of the molecule is C=C1C(=O)O[C@H]2CC3=C[C@H](C/C(C)=C/[C@@H](OC(=O)CCSSCCC(=O)O[C@@H]4/C=C(\C)C[C@H]5C=C(C[C@@H]6OC(=O)C(=C)[C@H]64)C(=O)O5)[C@H]12)OC3=O. The highest BCUT2D eigenvalue weighted by atomic mass is 33.1. The first-order valence-electron chi connectivity index (χ1n) is 16.5. The number of carbonyl (C=O) groups is 6. The molecular weight excluding hydrogens is 689 g/mol. The zero-order valence-corrected chi connectivity index (χ0v) is 29.3. The van der Waals surface area contributed by atoms with E-state index in [-0.39, 0.29) is 36.8 Å². The summed E-state index contributed by atoms with van der Waals surface area (Å²) in [6.45, 7) is 11.5. The molecule has 0 unspecified atom stereocenters. The number of hydrogen-bond donors (Lipinski definition) is 0. The average Bonchev–Trinajstić information content (AvgIpc) is 3.72. The predicted octanol–water partition coefficient (Wildman–Crippen LogP) is 4.35. The number of esters is 6. The summed E-state index contributed by atoms with van der Waals surface area (Å²) in [4.78, 5) is 75.5. The molecule has 4 aliphatic heterocycles. The molecule has 0 spiro atoms. The van der Waals surface area contributed by atoms with E-state index in [0.717, 1.165) is 11.1 Å². The van der Waals surface area contributed by atoms with Crippen molar-refractivity contribution in [2.75, 3.05) is 11.5 Å². The Hall–Kier alpha value is -4.04. The van der Waals surface area contributed by atoms with Crippen molar-refractivity contribution in [3.8, 4) is 0 Å². The lowest BCUT2D eigenvalue weighted by Crippen LogP contribution is -2.33. The third-order valence-electron chi connectivity index (χ3n) is 9.35. The van der Waals surface area contributed by atoms with Crippen LogP contribution in [0.4, 0.5) is 0 Å². The molecule has 266 valence electrons. The summed E-state index contributed by atoms with van der Waals surface area (Å²) in [6, 6.07) is 0. The van der Waals surface area contributed by atoms with Crippen molar-refractivity contribution in [1.29, 1.82) is 0 Å². The summed E-state index contributed by atoms with van der Waals surface area (Å²) >= 11 is 0. The Morgan fingerprint density at radius 2 is 1.04 bits per heavy atom. The lowest BCUT2D eigenvalue weighted by Gasteiger charge is -2.26. The summed E-state index contributed by atoms with van der Waals surface area (Å²) in [5.41, 5.74) is 2.91. The molecule has 4 bridgehead atoms. The molecule has 6 rings (SSSR count). The minimum absolute atomic E-state index is 0.0779. The smallest absolute Gasteiger partial charge is 0.334 e. The molecule has 2 aliphatic carbocycles. The first kappa shape index (κ1) is 35.8. The number of carbonyl (C=O) groups excluding carboxylic acids is 6. The summed E-state index contributed by atoms with van der Waals surface area (Å²) in [7, 11) is 2.81. The van der Waals surface area contributed by atoms with Crippen LogP contribution in [0.1, 0.15) is 52.4 Å². The largest absolute Gasteiger partial charge is 0.458 e. The standard InChI is InChI=1S/C36H38O12S2/c1-17-9-23-13-21(35(41)43-23)15-27-31(19(3)33(39)47-27)25(11-17)45-29(37)5-7-49-50-8-6-30(38)46-26-12-18(2)10-24-14-22(36(42)44-24)16-28-32(26)20(4)34(40)48-28/h11-14,23-28,31-32H,3-10,15-16H2,1-2H3/b17-11+,18-12+/t23-,24-,25+,26+,27-,28-,31-,32-/m0/s1. The van der Waals surface area contributed by atoms with Crippen LogP contribution in [0.2, 0.25) is 0 Å². The molecule has 0 radical (unpaired) electrons. The normalized spacial score (nSPS) is 34.0. The molecule has 12 nitrogen and oxygen atoms in total. The lowest BCUT2D eigenvalue weighted by atomic mass is 9.85. The molecule has 0 aromatic rings. The van der Waals surface area contributed by atoms with Gasteiger partial charge in [-0.3, -0.25) is 9.59 Å². The Kier molecular flexibility index (Phi) is 10.8. The van der Waals surface area contributed by atoms with Gasteiger partial charge in [0.15, 0.2) is 0 Å². The number of fused-ring (bicyclic) bond motifs is 4. The number of rotatable bonds is 9. The molecule has 0 N–H and O–H groups in total. The van der Waals surface area contributed by atoms with Crippen molar-refractivity contribution in [3.05, 3.63) is 70.9 Å². The third-order valence-corrected chi connectivity index (χ3v) is 11.8. The van der Waals surface area contributed by atoms with Crippen molar-refractivity contribution in [1.82, 2.24) is 0 Å². The van der Waals surface area contributed by atoms with Crippen LogP contribution in [-0.4, -0.2) is 83.9 Å². The van der Waals surface area contributed by atoms with Gasteiger partial charge in [-0.1, -0.05) is 45.9 Å². The van der Waals surface area contributed by atoms with E-state index in [0.29, 0.717) is 35.5 Å². The Labute approximate surface area is 297 Å². The lowest BCUT2D eigenvalue weighted by molar-refractivity contribution is -0.150. The van der Waals surface area contributed by atoms with E-state index in [1.807, 2.05) is 13.8 Å². The second-order valence-corrected chi connectivity index (χ2v) is 15.9. The molecule has 14 heteroatoms. The minimum Gasteiger partial charge on any atom is -0.458 e. The molecule has 0 saturated carbocycles. The first-order chi connectivity index (χ1) is 23.9. The van der Waals surface area contributed by atoms with Gasteiger partial charge in [0.05, 0.1) is 24.7 Å². The molecule has 2 fully saturated rings. The van der Waals surface area contributed by atoms with Gasteiger partial charge in [-0.2, -0.15) is 0 Å². The fourth-order valence-corrected chi connectivity index (χ4v) is 8.95. The van der Waals surface area contributed by atoms with Gasteiger partial charge >= 0.3 is 35.8 Å². The zero-order valence-electron chi connectivity index (χ0n) is 27.7. The molecule has 6 aliphatic rings. The third kappa shape index (κ3) is 7.96. The molecule has 50 heavy (non-hydrogen) atoms. The topological polar surface area (TPSA) is 158 Å². The summed E-state index contributed by atoms with van der Waals surface area (Å²) in [5, 5.41) is 0. The van der Waals surface area contributed by atoms with E-state index in [4.69, 9.17) is 28.4 Å². The van der Waals surface area contributed by atoms with E-state index in [9.17, 15) is 28.8 Å². The highest BCUT2D eigenvalue weighted by Gasteiger charge is 2.48. The van der Waals surface area contributed by atoms with E-state index < -0.39 is 84.3 Å². The molecule has 0 aromatic carbocycles. The van der Waals surface area contributed by atoms with Gasteiger partial charge in [-0.25, -0.2) is 19.2 Å². The maximum Gasteiger partial charge on any atom is 0.334 e. The van der Waals surface area contributed by atoms with Gasteiger partial charge in [0.25, 0.3) is 0 Å². The predicted molar refractivity (Wildman–Crippen MR) is 181 cm³/mol. The molecule has 4 heterocycles. The molecule has 2 saturated heterocycles. The first-order valence-corrected chi connectivity index (χ1v) is 19.0. The molecule has 8 atom stereocenters. The van der Waals surface area contributed by atoms with Crippen molar-refractivity contribution in [3.63, 3.8) is 0 Å². The number of ether oxygens (including phenoxy) is 6. The monoisotopic (exact) mass is 726 g/mol. The van der Waals surface area contributed by atoms with E-state index >= 15 is 0 Å². The van der Waals surface area contributed by atoms with Crippen LogP contribution in [0.3, 0.4) is 0 Å². The Bertz CT molecular complexity index is 1530. The van der Waals surface area contributed by atoms with Gasteiger partial charge in [0.1, 0.15) is 36.6 Å². The maximum atomic E-state index is 13.0. The highest BCUT2D eigenvalue weighted by molar-refractivity contribution is 8.76. The fourth-order valence-electron chi connectivity index (χ4n) is 7.01. The summed E-state index contributed by atoms with van der Waals surface area (Å²) in [6.07, 6.45) is 4.49. The second-order valence-electron chi connectivity index (χ2n) is 13.2. The van der Waals surface area contributed by atoms with Crippen molar-refractivity contribution in [2.24, 2.45) is 11.8 Å². The van der Waals surface area contributed by atoms with Gasteiger partial charge in [-0.15, -0.1) is 0 Å². The van der Waals surface area contributed by atoms with Crippen LogP contribution >= 0.6 is 21.6 Å². The van der Waals surface area contributed by atoms with E-state index in [1.165, 1.54) is 21.6 Å². The van der Waals surface area contributed by atoms with Crippen LogP contribution in [0.15, 0.2) is 70.9 Å². The highest BCUT2D eigenvalue weighted by Crippen LogP contribution is 2.40. The number of hydrogen-bond acceptors (Lipinski definition) is 14. The van der Waals surface area contributed by atoms with Gasteiger partial charge in [0.2, 0.25) is 0 Å². The summed E-state index contributed by atoms with van der Waals surface area (Å²) < 4.78 is 33.6. The van der Waals surface area contributed by atoms with E-state index in [1.54, 1.807) is 24.3 Å². The molecular formula is C36H38O12S2. The maximum absolute atomic E-state index is 13.0. The fraction of sp³-hybridized carbons (Fsp3) is 0.500. The molecule has 0 amide bonds. The van der Waals surface area contributed by atoms with Crippen molar-refractivity contribution < 1.29 is 57.2 Å². The van der Waals surface area contributed by atoms with Gasteiger partial charge in [-0.05, 0) is 38.2 Å². The van der Waals surface area contributed by atoms with Crippen LogP contribution in [0.5, 0.6) is 0 Å². The van der Waals surface area contributed by atoms with Crippen molar-refractivity contribution >= 4 is 57.4 Å². The molecule has 0 aromatic heterocycles. The minimum atomic E-state index is -0.803.